The minimum Gasteiger partial charge on any atom is -0.352 e. The Balaban J connectivity index is 3.95. The topological polar surface area (TPSA) is 52.6 Å². The molecule has 4 nitrogen and oxygen atoms in total. The summed E-state index contributed by atoms with van der Waals surface area (Å²) in [5, 5.41) is 0. The van der Waals surface area contributed by atoms with E-state index < -0.39 is 16.4 Å². The maximum Gasteiger partial charge on any atom is 0.266 e. The van der Waals surface area contributed by atoms with Crippen molar-refractivity contribution in [2.24, 2.45) is 0 Å². The van der Waals surface area contributed by atoms with Crippen LogP contribution in [0.3, 0.4) is 0 Å². The monoisotopic (exact) mass is 196 g/mol. The number of ether oxygens (including phenoxy) is 1. The van der Waals surface area contributed by atoms with E-state index in [1.807, 2.05) is 6.92 Å². The highest BCUT2D eigenvalue weighted by Crippen LogP contribution is 2.06. The molecule has 0 aromatic rings. The number of hydrogen-bond acceptors (Lipinski definition) is 4. The van der Waals surface area contributed by atoms with Gasteiger partial charge in [-0.05, 0) is 13.3 Å². The van der Waals surface area contributed by atoms with Gasteiger partial charge in [0.15, 0.2) is 6.29 Å². The van der Waals surface area contributed by atoms with Crippen LogP contribution >= 0.6 is 0 Å². The molecule has 0 saturated heterocycles. The van der Waals surface area contributed by atoms with Crippen LogP contribution in [0.15, 0.2) is 0 Å². The third-order valence-electron chi connectivity index (χ3n) is 1.16. The molecule has 0 fully saturated rings. The molecular formula is C7H16O4S. The fourth-order valence-corrected chi connectivity index (χ4v) is 1.32. The molecule has 0 aliphatic carbocycles. The Hall–Kier alpha value is -0.130. The maximum atomic E-state index is 10.7. The van der Waals surface area contributed by atoms with E-state index in [4.69, 9.17) is 4.74 Å². The number of rotatable bonds is 6. The van der Waals surface area contributed by atoms with E-state index in [0.717, 1.165) is 12.7 Å². The molecule has 0 heterocycles. The molecule has 0 bridgehead atoms. The van der Waals surface area contributed by atoms with Gasteiger partial charge in [-0.3, -0.25) is 0 Å². The first-order valence-corrected chi connectivity index (χ1v) is 5.81. The predicted molar refractivity (Wildman–Crippen MR) is 46.3 cm³/mol. The van der Waals surface area contributed by atoms with Crippen molar-refractivity contribution in [2.45, 2.75) is 33.0 Å². The lowest BCUT2D eigenvalue weighted by molar-refractivity contribution is -0.0754. The van der Waals surface area contributed by atoms with Crippen molar-refractivity contribution in [2.75, 3.05) is 12.9 Å². The zero-order valence-corrected chi connectivity index (χ0v) is 8.56. The smallest absolute Gasteiger partial charge is 0.266 e. The van der Waals surface area contributed by atoms with Crippen LogP contribution in [0.2, 0.25) is 0 Å². The highest BCUT2D eigenvalue weighted by molar-refractivity contribution is 7.86. The second-order valence-electron chi connectivity index (χ2n) is 2.47. The number of hydrogen-bond donors (Lipinski definition) is 0. The molecule has 0 N–H and O–H groups in total. The minimum atomic E-state index is -3.39. The van der Waals surface area contributed by atoms with Crippen molar-refractivity contribution in [1.29, 1.82) is 0 Å². The highest BCUT2D eigenvalue weighted by Gasteiger charge is 2.13. The predicted octanol–water partition coefficient (Wildman–Crippen LogP) is 1.13. The third kappa shape index (κ3) is 6.57. The van der Waals surface area contributed by atoms with Gasteiger partial charge in [0, 0.05) is 6.61 Å². The first kappa shape index (κ1) is 11.9. The third-order valence-corrected chi connectivity index (χ3v) is 1.72. The van der Waals surface area contributed by atoms with Crippen LogP contribution in [0.25, 0.3) is 0 Å². The van der Waals surface area contributed by atoms with Crippen LogP contribution in [-0.4, -0.2) is 27.6 Å². The molecule has 0 aromatic carbocycles. The average molecular weight is 196 g/mol. The fourth-order valence-electron chi connectivity index (χ4n) is 0.776. The van der Waals surface area contributed by atoms with Gasteiger partial charge in [-0.25, -0.2) is 4.18 Å². The SMILES string of the molecule is CCCC(OCC)OS(C)(=O)=O. The van der Waals surface area contributed by atoms with E-state index in [9.17, 15) is 8.42 Å². The summed E-state index contributed by atoms with van der Waals surface area (Å²) in [6.45, 7) is 4.20. The first-order chi connectivity index (χ1) is 5.49. The highest BCUT2D eigenvalue weighted by atomic mass is 32.2. The van der Waals surface area contributed by atoms with Gasteiger partial charge >= 0.3 is 0 Å². The van der Waals surface area contributed by atoms with E-state index in [1.165, 1.54) is 0 Å². The molecule has 0 spiro atoms. The summed E-state index contributed by atoms with van der Waals surface area (Å²) in [7, 11) is -3.39. The van der Waals surface area contributed by atoms with Gasteiger partial charge in [-0.2, -0.15) is 8.42 Å². The van der Waals surface area contributed by atoms with E-state index in [2.05, 4.69) is 4.18 Å². The van der Waals surface area contributed by atoms with Crippen molar-refractivity contribution in [3.63, 3.8) is 0 Å². The second-order valence-corrected chi connectivity index (χ2v) is 4.07. The van der Waals surface area contributed by atoms with Crippen molar-refractivity contribution >= 4 is 10.1 Å². The summed E-state index contributed by atoms with van der Waals surface area (Å²) in [5.74, 6) is 0. The molecule has 0 aromatic heterocycles. The zero-order valence-electron chi connectivity index (χ0n) is 7.74. The van der Waals surface area contributed by atoms with E-state index in [0.29, 0.717) is 13.0 Å². The molecular weight excluding hydrogens is 180 g/mol. The Morgan fingerprint density at radius 1 is 1.33 bits per heavy atom. The molecule has 0 aliphatic rings. The fraction of sp³-hybridized carbons (Fsp3) is 1.00. The molecule has 0 amide bonds. The van der Waals surface area contributed by atoms with Crippen LogP contribution in [0.5, 0.6) is 0 Å². The van der Waals surface area contributed by atoms with Gasteiger partial charge in [-0.1, -0.05) is 13.3 Å². The lowest BCUT2D eigenvalue weighted by Gasteiger charge is -2.14. The van der Waals surface area contributed by atoms with E-state index in [1.54, 1.807) is 6.92 Å². The molecule has 5 heteroatoms. The summed E-state index contributed by atoms with van der Waals surface area (Å²) >= 11 is 0. The van der Waals surface area contributed by atoms with E-state index >= 15 is 0 Å². The summed E-state index contributed by atoms with van der Waals surface area (Å²) in [5.41, 5.74) is 0. The Morgan fingerprint density at radius 2 is 1.92 bits per heavy atom. The molecule has 0 aliphatic heterocycles. The molecule has 1 unspecified atom stereocenters. The maximum absolute atomic E-state index is 10.7. The van der Waals surface area contributed by atoms with Gasteiger partial charge in [0.25, 0.3) is 10.1 Å². The molecule has 0 radical (unpaired) electrons. The van der Waals surface area contributed by atoms with Gasteiger partial charge in [0.2, 0.25) is 0 Å². The quantitative estimate of drug-likeness (QED) is 0.472. The van der Waals surface area contributed by atoms with Crippen molar-refractivity contribution in [3.05, 3.63) is 0 Å². The van der Waals surface area contributed by atoms with Gasteiger partial charge in [0.05, 0.1) is 6.26 Å². The normalized spacial score (nSPS) is 14.6. The first-order valence-electron chi connectivity index (χ1n) is 3.99. The minimum absolute atomic E-state index is 0.459. The molecule has 74 valence electrons. The largest absolute Gasteiger partial charge is 0.352 e. The second kappa shape index (κ2) is 5.50. The molecule has 12 heavy (non-hydrogen) atoms. The van der Waals surface area contributed by atoms with Crippen molar-refractivity contribution in [3.8, 4) is 0 Å². The Kier molecular flexibility index (Phi) is 5.44. The van der Waals surface area contributed by atoms with Gasteiger partial charge in [-0.15, -0.1) is 0 Å². The lowest BCUT2D eigenvalue weighted by Crippen LogP contribution is -2.20. The van der Waals surface area contributed by atoms with Crippen LogP contribution in [0.4, 0.5) is 0 Å². The van der Waals surface area contributed by atoms with Crippen molar-refractivity contribution < 1.29 is 17.3 Å². The van der Waals surface area contributed by atoms with Crippen LogP contribution in [-0.2, 0) is 19.0 Å². The van der Waals surface area contributed by atoms with Crippen LogP contribution in [0.1, 0.15) is 26.7 Å². The lowest BCUT2D eigenvalue weighted by atomic mass is 10.3. The van der Waals surface area contributed by atoms with Gasteiger partial charge in [0.1, 0.15) is 0 Å². The van der Waals surface area contributed by atoms with Gasteiger partial charge < -0.3 is 4.74 Å². The Morgan fingerprint density at radius 3 is 2.25 bits per heavy atom. The standard InChI is InChI=1S/C7H16O4S/c1-4-6-7(10-5-2)11-12(3,8)9/h7H,4-6H2,1-3H3. The Bertz CT molecular complexity index is 191. The zero-order chi connectivity index (χ0) is 9.61. The summed E-state index contributed by atoms with van der Waals surface area (Å²) in [4.78, 5) is 0. The van der Waals surface area contributed by atoms with Crippen LogP contribution < -0.4 is 0 Å². The van der Waals surface area contributed by atoms with E-state index in [-0.39, 0.29) is 0 Å². The Labute approximate surface area is 74.0 Å². The molecule has 0 rings (SSSR count). The average Bonchev–Trinajstić information content (AvgIpc) is 1.84. The van der Waals surface area contributed by atoms with Crippen molar-refractivity contribution in [1.82, 2.24) is 0 Å². The van der Waals surface area contributed by atoms with Crippen LogP contribution in [0, 0.1) is 0 Å². The summed E-state index contributed by atoms with van der Waals surface area (Å²) in [6, 6.07) is 0. The molecule has 0 saturated carbocycles. The summed E-state index contributed by atoms with van der Waals surface area (Å²) in [6.07, 6.45) is 1.84. The summed E-state index contributed by atoms with van der Waals surface area (Å²) < 4.78 is 31.1. The molecule has 1 atom stereocenters.